The zero-order valence-corrected chi connectivity index (χ0v) is 15.7. The summed E-state index contributed by atoms with van der Waals surface area (Å²) in [5.74, 6) is 0.135. The second kappa shape index (κ2) is 7.73. The Hall–Kier alpha value is -2.62. The predicted molar refractivity (Wildman–Crippen MR) is 103 cm³/mol. The van der Waals surface area contributed by atoms with Crippen LogP contribution in [0.4, 0.5) is 0 Å². The monoisotopic (exact) mass is 350 g/mol. The van der Waals surface area contributed by atoms with Crippen LogP contribution in [0.25, 0.3) is 0 Å². The van der Waals surface area contributed by atoms with Crippen molar-refractivity contribution < 1.29 is 9.59 Å². The van der Waals surface area contributed by atoms with E-state index in [0.717, 1.165) is 24.1 Å². The molecule has 26 heavy (non-hydrogen) atoms. The van der Waals surface area contributed by atoms with Crippen molar-refractivity contribution >= 4 is 11.8 Å². The standard InChI is InChI=1S/C22H26N2O2/c1-15-6-11-20(16(2)13-15)17(3)23-22(26)19-9-7-18(8-10-19)14-24-12-4-5-21(24)25/h6-11,13,17H,4-5,12,14H2,1-3H3,(H,23,26)/t17-/m1/s1. The Kier molecular flexibility index (Phi) is 5.40. The molecule has 2 aromatic rings. The summed E-state index contributed by atoms with van der Waals surface area (Å²) in [5.41, 5.74) is 5.23. The van der Waals surface area contributed by atoms with Crippen LogP contribution in [0, 0.1) is 13.8 Å². The molecule has 136 valence electrons. The SMILES string of the molecule is Cc1ccc([C@@H](C)NC(=O)c2ccc(CN3CCCC3=O)cc2)c(C)c1. The summed E-state index contributed by atoms with van der Waals surface area (Å²) >= 11 is 0. The second-order valence-corrected chi connectivity index (χ2v) is 7.17. The number of rotatable bonds is 5. The normalized spacial score (nSPS) is 15.2. The molecule has 2 amide bonds. The zero-order valence-electron chi connectivity index (χ0n) is 15.7. The number of benzene rings is 2. The maximum atomic E-state index is 12.5. The van der Waals surface area contributed by atoms with Gasteiger partial charge in [0.25, 0.3) is 5.91 Å². The van der Waals surface area contributed by atoms with E-state index in [-0.39, 0.29) is 17.9 Å². The maximum Gasteiger partial charge on any atom is 0.251 e. The van der Waals surface area contributed by atoms with Crippen LogP contribution in [0.2, 0.25) is 0 Å². The molecule has 1 fully saturated rings. The highest BCUT2D eigenvalue weighted by Gasteiger charge is 2.20. The molecule has 0 aliphatic carbocycles. The lowest BCUT2D eigenvalue weighted by molar-refractivity contribution is -0.128. The molecule has 3 rings (SSSR count). The molecule has 4 nitrogen and oxygen atoms in total. The summed E-state index contributed by atoms with van der Waals surface area (Å²) in [6, 6.07) is 13.8. The van der Waals surface area contributed by atoms with Crippen LogP contribution in [-0.2, 0) is 11.3 Å². The minimum Gasteiger partial charge on any atom is -0.346 e. The molecule has 1 aliphatic heterocycles. The number of amides is 2. The summed E-state index contributed by atoms with van der Waals surface area (Å²) in [6.45, 7) is 7.59. The van der Waals surface area contributed by atoms with Gasteiger partial charge < -0.3 is 10.2 Å². The lowest BCUT2D eigenvalue weighted by Gasteiger charge is -2.18. The van der Waals surface area contributed by atoms with Gasteiger partial charge in [-0.15, -0.1) is 0 Å². The fourth-order valence-corrected chi connectivity index (χ4v) is 3.52. The number of hydrogen-bond donors (Lipinski definition) is 1. The van der Waals surface area contributed by atoms with E-state index in [0.29, 0.717) is 18.5 Å². The summed E-state index contributed by atoms with van der Waals surface area (Å²) in [6.07, 6.45) is 1.59. The summed E-state index contributed by atoms with van der Waals surface area (Å²) < 4.78 is 0. The quantitative estimate of drug-likeness (QED) is 0.888. The van der Waals surface area contributed by atoms with E-state index in [1.54, 1.807) is 0 Å². The number of hydrogen-bond acceptors (Lipinski definition) is 2. The van der Waals surface area contributed by atoms with Gasteiger partial charge in [-0.2, -0.15) is 0 Å². The zero-order chi connectivity index (χ0) is 18.7. The van der Waals surface area contributed by atoms with Gasteiger partial charge in [0.15, 0.2) is 0 Å². The number of nitrogens with zero attached hydrogens (tertiary/aromatic N) is 1. The van der Waals surface area contributed by atoms with Crippen LogP contribution >= 0.6 is 0 Å². The van der Waals surface area contributed by atoms with E-state index in [2.05, 4.69) is 37.4 Å². The highest BCUT2D eigenvalue weighted by Crippen LogP contribution is 2.19. The predicted octanol–water partition coefficient (Wildman–Crippen LogP) is 3.92. The Bertz CT molecular complexity index is 811. The van der Waals surface area contributed by atoms with Crippen LogP contribution in [0.3, 0.4) is 0 Å². The van der Waals surface area contributed by atoms with Gasteiger partial charge in [-0.05, 0) is 56.0 Å². The Morgan fingerprint density at radius 1 is 1.15 bits per heavy atom. The number of aryl methyl sites for hydroxylation is 2. The Morgan fingerprint density at radius 2 is 1.88 bits per heavy atom. The largest absolute Gasteiger partial charge is 0.346 e. The van der Waals surface area contributed by atoms with E-state index in [1.807, 2.05) is 36.1 Å². The molecule has 0 saturated carbocycles. The molecule has 1 atom stereocenters. The first-order valence-electron chi connectivity index (χ1n) is 9.19. The minimum atomic E-state index is -0.0822. The molecule has 0 spiro atoms. The average Bonchev–Trinajstić information content (AvgIpc) is 3.00. The van der Waals surface area contributed by atoms with Gasteiger partial charge in [0.05, 0.1) is 6.04 Å². The molecule has 1 heterocycles. The average molecular weight is 350 g/mol. The Labute approximate surface area is 155 Å². The molecule has 0 unspecified atom stereocenters. The van der Waals surface area contributed by atoms with Gasteiger partial charge in [-0.1, -0.05) is 35.9 Å². The van der Waals surface area contributed by atoms with Crippen molar-refractivity contribution in [3.63, 3.8) is 0 Å². The van der Waals surface area contributed by atoms with Crippen LogP contribution < -0.4 is 5.32 Å². The molecule has 0 bridgehead atoms. The Morgan fingerprint density at radius 3 is 2.50 bits per heavy atom. The lowest BCUT2D eigenvalue weighted by Crippen LogP contribution is -2.27. The number of nitrogens with one attached hydrogen (secondary N) is 1. The van der Waals surface area contributed by atoms with Crippen molar-refractivity contribution in [2.45, 2.75) is 46.2 Å². The highest BCUT2D eigenvalue weighted by atomic mass is 16.2. The molecular weight excluding hydrogens is 324 g/mol. The molecule has 0 aromatic heterocycles. The summed E-state index contributed by atoms with van der Waals surface area (Å²) in [4.78, 5) is 26.1. The number of carbonyl (C=O) groups is 2. The first-order chi connectivity index (χ1) is 12.4. The molecule has 0 radical (unpaired) electrons. The fraction of sp³-hybridized carbons (Fsp3) is 0.364. The van der Waals surface area contributed by atoms with Crippen LogP contribution in [0.5, 0.6) is 0 Å². The van der Waals surface area contributed by atoms with E-state index in [9.17, 15) is 9.59 Å². The summed E-state index contributed by atoms with van der Waals surface area (Å²) in [5, 5.41) is 3.07. The minimum absolute atomic E-state index is 0.0509. The molecule has 4 heteroatoms. The Balaban J connectivity index is 1.63. The topological polar surface area (TPSA) is 49.4 Å². The van der Waals surface area contributed by atoms with Gasteiger partial charge >= 0.3 is 0 Å². The maximum absolute atomic E-state index is 12.5. The van der Waals surface area contributed by atoms with E-state index >= 15 is 0 Å². The first-order valence-corrected chi connectivity index (χ1v) is 9.19. The van der Waals surface area contributed by atoms with E-state index in [1.165, 1.54) is 11.1 Å². The third kappa shape index (κ3) is 4.13. The second-order valence-electron chi connectivity index (χ2n) is 7.17. The van der Waals surface area contributed by atoms with Gasteiger partial charge in [0, 0.05) is 25.1 Å². The smallest absolute Gasteiger partial charge is 0.251 e. The van der Waals surface area contributed by atoms with Crippen LogP contribution in [-0.4, -0.2) is 23.3 Å². The van der Waals surface area contributed by atoms with Crippen molar-refractivity contribution in [3.8, 4) is 0 Å². The molecular formula is C22H26N2O2. The highest BCUT2D eigenvalue weighted by molar-refractivity contribution is 5.94. The van der Waals surface area contributed by atoms with Crippen molar-refractivity contribution in [2.75, 3.05) is 6.54 Å². The number of likely N-dealkylation sites (tertiary alicyclic amines) is 1. The third-order valence-electron chi connectivity index (χ3n) is 5.00. The first kappa shape index (κ1) is 18.2. The fourth-order valence-electron chi connectivity index (χ4n) is 3.52. The van der Waals surface area contributed by atoms with Gasteiger partial charge in [-0.3, -0.25) is 9.59 Å². The molecule has 1 saturated heterocycles. The van der Waals surface area contributed by atoms with Crippen molar-refractivity contribution in [1.29, 1.82) is 0 Å². The third-order valence-corrected chi connectivity index (χ3v) is 5.00. The van der Waals surface area contributed by atoms with Crippen LogP contribution in [0.15, 0.2) is 42.5 Å². The van der Waals surface area contributed by atoms with Crippen molar-refractivity contribution in [1.82, 2.24) is 10.2 Å². The lowest BCUT2D eigenvalue weighted by atomic mass is 10.00. The van der Waals surface area contributed by atoms with Gasteiger partial charge in [-0.25, -0.2) is 0 Å². The van der Waals surface area contributed by atoms with Crippen molar-refractivity contribution in [2.24, 2.45) is 0 Å². The van der Waals surface area contributed by atoms with Crippen LogP contribution in [0.1, 0.15) is 58.4 Å². The van der Waals surface area contributed by atoms with Gasteiger partial charge in [0.1, 0.15) is 0 Å². The summed E-state index contributed by atoms with van der Waals surface area (Å²) in [7, 11) is 0. The van der Waals surface area contributed by atoms with Crippen molar-refractivity contribution in [3.05, 3.63) is 70.3 Å². The van der Waals surface area contributed by atoms with E-state index < -0.39 is 0 Å². The molecule has 1 N–H and O–H groups in total. The molecule has 1 aliphatic rings. The number of carbonyl (C=O) groups excluding carboxylic acids is 2. The van der Waals surface area contributed by atoms with Gasteiger partial charge in [0.2, 0.25) is 5.91 Å². The molecule has 2 aromatic carbocycles. The van der Waals surface area contributed by atoms with E-state index in [4.69, 9.17) is 0 Å².